The third-order valence-electron chi connectivity index (χ3n) is 7.99. The average Bonchev–Trinajstić information content (AvgIpc) is 3.44. The first kappa shape index (κ1) is 27.6. The van der Waals surface area contributed by atoms with E-state index in [1.807, 2.05) is 36.4 Å². The Morgan fingerprint density at radius 1 is 1.10 bits per heavy atom. The number of hydrogen-bond acceptors (Lipinski definition) is 8. The fourth-order valence-electron chi connectivity index (χ4n) is 5.62. The van der Waals surface area contributed by atoms with Crippen molar-refractivity contribution in [3.63, 3.8) is 0 Å². The number of nitriles is 1. The van der Waals surface area contributed by atoms with E-state index in [4.69, 9.17) is 9.84 Å². The third-order valence-corrected chi connectivity index (χ3v) is 7.99. The van der Waals surface area contributed by atoms with Gasteiger partial charge in [0.25, 0.3) is 0 Å². The quantitative estimate of drug-likeness (QED) is 0.350. The summed E-state index contributed by atoms with van der Waals surface area (Å²) in [5, 5.41) is 15.0. The Morgan fingerprint density at radius 3 is 2.69 bits per heavy atom. The largest absolute Gasteiger partial charge is 0.377 e. The van der Waals surface area contributed by atoms with Crippen molar-refractivity contribution in [1.82, 2.24) is 24.4 Å². The fourth-order valence-corrected chi connectivity index (χ4v) is 5.62. The molecule has 0 radical (unpaired) electrons. The van der Waals surface area contributed by atoms with Crippen LogP contribution in [0.15, 0.2) is 60.8 Å². The Bertz CT molecular complexity index is 1640. The number of piperazine rings is 1. The molecule has 11 heteroatoms. The van der Waals surface area contributed by atoms with Crippen molar-refractivity contribution in [2.45, 2.75) is 6.04 Å². The predicted molar refractivity (Wildman–Crippen MR) is 158 cm³/mol. The summed E-state index contributed by atoms with van der Waals surface area (Å²) in [6.07, 6.45) is 1.77. The molecule has 1 atom stereocenters. The number of carbonyl (C=O) groups excluding carboxylic acids is 1. The van der Waals surface area contributed by atoms with E-state index in [1.165, 1.54) is 6.07 Å². The molecule has 42 heavy (non-hydrogen) atoms. The molecule has 0 N–H and O–H groups in total. The van der Waals surface area contributed by atoms with Gasteiger partial charge in [0, 0.05) is 52.4 Å². The smallest absolute Gasteiger partial charge is 0.236 e. The van der Waals surface area contributed by atoms with Crippen LogP contribution in [0.1, 0.15) is 17.2 Å². The minimum absolute atomic E-state index is 0.0911. The molecular formula is C31H33FN8O2. The Kier molecular flexibility index (Phi) is 7.73. The first-order valence-corrected chi connectivity index (χ1v) is 14.1. The molecule has 0 saturated carbocycles. The summed E-state index contributed by atoms with van der Waals surface area (Å²) in [4.78, 5) is 24.8. The van der Waals surface area contributed by atoms with E-state index >= 15 is 0 Å². The van der Waals surface area contributed by atoms with Crippen LogP contribution in [0.4, 0.5) is 15.9 Å². The molecular weight excluding hydrogens is 535 g/mol. The number of imidazole rings is 1. The molecule has 0 bridgehead atoms. The molecule has 2 fully saturated rings. The van der Waals surface area contributed by atoms with Crippen molar-refractivity contribution < 1.29 is 13.9 Å². The number of carbonyl (C=O) groups is 1. The summed E-state index contributed by atoms with van der Waals surface area (Å²) in [6.45, 7) is 5.00. The number of ether oxygens (including phenoxy) is 1. The summed E-state index contributed by atoms with van der Waals surface area (Å²) in [5.41, 5.74) is 4.60. The molecule has 0 aliphatic carbocycles. The standard InChI is InChI=1S/C31H33FN8O2/c1-36(2)31(41)20-37-10-12-38(13-11-37)26-7-6-23(16-24(26)18-33)27-19-34-29-8-9-30(35-40(27)29)39-14-15-42-21-28(39)22-4-3-5-25(32)17-22/h3-9,16-17,19,28H,10-15,20-21H2,1-2H3. The second-order valence-corrected chi connectivity index (χ2v) is 10.8. The van der Waals surface area contributed by atoms with Gasteiger partial charge in [-0.3, -0.25) is 9.69 Å². The van der Waals surface area contributed by atoms with Gasteiger partial charge in [0.2, 0.25) is 5.91 Å². The van der Waals surface area contributed by atoms with Crippen LogP contribution < -0.4 is 9.80 Å². The van der Waals surface area contributed by atoms with Crippen molar-refractivity contribution in [3.8, 4) is 17.3 Å². The highest BCUT2D eigenvalue weighted by Crippen LogP contribution is 2.32. The maximum absolute atomic E-state index is 14.0. The zero-order valence-electron chi connectivity index (χ0n) is 23.8. The maximum atomic E-state index is 14.0. The summed E-state index contributed by atoms with van der Waals surface area (Å²) in [5.74, 6) is 0.548. The third kappa shape index (κ3) is 5.51. The van der Waals surface area contributed by atoms with E-state index < -0.39 is 0 Å². The molecule has 2 aliphatic heterocycles. The number of fused-ring (bicyclic) bond motifs is 1. The predicted octanol–water partition coefficient (Wildman–Crippen LogP) is 3.20. The van der Waals surface area contributed by atoms with Crippen molar-refractivity contribution in [3.05, 3.63) is 77.7 Å². The Morgan fingerprint density at radius 2 is 1.93 bits per heavy atom. The van der Waals surface area contributed by atoms with Gasteiger partial charge in [0.15, 0.2) is 5.65 Å². The van der Waals surface area contributed by atoms with Crippen molar-refractivity contribution >= 4 is 23.1 Å². The number of hydrogen-bond donors (Lipinski definition) is 0. The lowest BCUT2D eigenvalue weighted by molar-refractivity contribution is -0.129. The van der Waals surface area contributed by atoms with Crippen LogP contribution >= 0.6 is 0 Å². The summed E-state index contributed by atoms with van der Waals surface area (Å²) < 4.78 is 21.6. The maximum Gasteiger partial charge on any atom is 0.236 e. The number of aromatic nitrogens is 3. The number of likely N-dealkylation sites (N-methyl/N-ethyl adjacent to an activating group) is 1. The molecule has 216 valence electrons. The van der Waals surface area contributed by atoms with Crippen LogP contribution in [0, 0.1) is 17.1 Å². The van der Waals surface area contributed by atoms with Crippen LogP contribution in [0.3, 0.4) is 0 Å². The van der Waals surface area contributed by atoms with Gasteiger partial charge in [-0.2, -0.15) is 5.26 Å². The number of anilines is 2. The minimum atomic E-state index is -0.281. The van der Waals surface area contributed by atoms with Gasteiger partial charge in [0.1, 0.15) is 17.7 Å². The molecule has 2 aliphatic rings. The molecule has 1 unspecified atom stereocenters. The monoisotopic (exact) mass is 568 g/mol. The number of morpholine rings is 1. The number of rotatable bonds is 6. The van der Waals surface area contributed by atoms with E-state index in [9.17, 15) is 14.4 Å². The van der Waals surface area contributed by atoms with E-state index in [2.05, 4.69) is 25.8 Å². The molecule has 4 aromatic rings. The topological polar surface area (TPSA) is 93.2 Å². The highest BCUT2D eigenvalue weighted by atomic mass is 19.1. The van der Waals surface area contributed by atoms with E-state index in [0.29, 0.717) is 37.5 Å². The summed E-state index contributed by atoms with van der Waals surface area (Å²) >= 11 is 0. The minimum Gasteiger partial charge on any atom is -0.377 e. The first-order valence-electron chi connectivity index (χ1n) is 14.1. The molecule has 0 spiro atoms. The van der Waals surface area contributed by atoms with Gasteiger partial charge in [-0.1, -0.05) is 18.2 Å². The first-order chi connectivity index (χ1) is 20.4. The van der Waals surface area contributed by atoms with Crippen LogP contribution in [0.25, 0.3) is 16.9 Å². The van der Waals surface area contributed by atoms with E-state index in [1.54, 1.807) is 41.8 Å². The van der Waals surface area contributed by atoms with Gasteiger partial charge < -0.3 is 19.4 Å². The summed E-state index contributed by atoms with van der Waals surface area (Å²) in [7, 11) is 3.54. The molecule has 1 amide bonds. The van der Waals surface area contributed by atoms with Crippen molar-refractivity contribution in [1.29, 1.82) is 5.26 Å². The van der Waals surface area contributed by atoms with E-state index in [0.717, 1.165) is 54.5 Å². The van der Waals surface area contributed by atoms with Crippen LogP contribution in [-0.2, 0) is 9.53 Å². The van der Waals surface area contributed by atoms with Crippen LogP contribution in [0.5, 0.6) is 0 Å². The van der Waals surface area contributed by atoms with Crippen molar-refractivity contribution in [2.24, 2.45) is 0 Å². The fraction of sp³-hybridized carbons (Fsp3) is 0.355. The highest BCUT2D eigenvalue weighted by molar-refractivity contribution is 5.77. The summed E-state index contributed by atoms with van der Waals surface area (Å²) in [6, 6.07) is 18.5. The van der Waals surface area contributed by atoms with Crippen LogP contribution in [-0.4, -0.2) is 96.9 Å². The lowest BCUT2D eigenvalue weighted by Gasteiger charge is -2.36. The molecule has 2 aromatic heterocycles. The highest BCUT2D eigenvalue weighted by Gasteiger charge is 2.27. The number of halogens is 1. The van der Waals surface area contributed by atoms with Gasteiger partial charge >= 0.3 is 0 Å². The van der Waals surface area contributed by atoms with Gasteiger partial charge in [-0.15, -0.1) is 5.10 Å². The Labute approximate surface area is 244 Å². The molecule has 6 rings (SSSR count). The molecule has 2 aromatic carbocycles. The number of amides is 1. The average molecular weight is 569 g/mol. The lowest BCUT2D eigenvalue weighted by Crippen LogP contribution is -2.49. The molecule has 10 nitrogen and oxygen atoms in total. The normalized spacial score (nSPS) is 17.8. The Hall–Kier alpha value is -4.53. The second kappa shape index (κ2) is 11.8. The number of benzene rings is 2. The zero-order chi connectivity index (χ0) is 29.2. The second-order valence-electron chi connectivity index (χ2n) is 10.8. The van der Waals surface area contributed by atoms with Gasteiger partial charge in [0.05, 0.1) is 48.9 Å². The zero-order valence-corrected chi connectivity index (χ0v) is 23.8. The SMILES string of the molecule is CN(C)C(=O)CN1CCN(c2ccc(-c3cnc4ccc(N5CCOCC5c5cccc(F)c5)nn34)cc2C#N)CC1. The lowest BCUT2D eigenvalue weighted by atomic mass is 10.0. The van der Waals surface area contributed by atoms with Crippen molar-refractivity contribution in [2.75, 3.05) is 76.4 Å². The van der Waals surface area contributed by atoms with Gasteiger partial charge in [-0.25, -0.2) is 13.9 Å². The van der Waals surface area contributed by atoms with Crippen LogP contribution in [0.2, 0.25) is 0 Å². The molecule has 2 saturated heterocycles. The molecule has 4 heterocycles. The Balaban J connectivity index is 1.25. The van der Waals surface area contributed by atoms with E-state index in [-0.39, 0.29) is 17.8 Å². The number of nitrogens with zero attached hydrogens (tertiary/aromatic N) is 8. The van der Waals surface area contributed by atoms with Gasteiger partial charge in [-0.05, 0) is 42.0 Å².